The van der Waals surface area contributed by atoms with Crippen LogP contribution in [0.25, 0.3) is 0 Å². The fourth-order valence-corrected chi connectivity index (χ4v) is 5.99. The van der Waals surface area contributed by atoms with Crippen molar-refractivity contribution in [3.63, 3.8) is 0 Å². The average Bonchev–Trinajstić information content (AvgIpc) is 3.20. The molecular formula is C28H53N4O8S+. The summed E-state index contributed by atoms with van der Waals surface area (Å²) in [5.41, 5.74) is -2.39. The molecule has 3 N–H and O–H groups in total. The van der Waals surface area contributed by atoms with Gasteiger partial charge < -0.3 is 24.8 Å². The Bertz CT molecular complexity index is 1020. The number of esters is 1. The van der Waals surface area contributed by atoms with Crippen LogP contribution in [0.2, 0.25) is 0 Å². The second-order valence-corrected chi connectivity index (χ2v) is 15.0. The lowest BCUT2D eigenvalue weighted by Crippen LogP contribution is -2.51. The molecular weight excluding hydrogens is 552 g/mol. The van der Waals surface area contributed by atoms with E-state index in [0.717, 1.165) is 23.9 Å². The van der Waals surface area contributed by atoms with Gasteiger partial charge in [0.1, 0.15) is 6.61 Å². The fraction of sp³-hybridized carbons (Fsp3) is 0.857. The Balaban J connectivity index is 3.00. The number of amides is 3. The number of likely N-dealkylation sites (tertiary alicyclic amines) is 1. The highest BCUT2D eigenvalue weighted by molar-refractivity contribution is 7.85. The van der Waals surface area contributed by atoms with Gasteiger partial charge in [0.05, 0.1) is 50.9 Å². The monoisotopic (exact) mass is 605 g/mol. The molecule has 1 heterocycles. The van der Waals surface area contributed by atoms with E-state index in [0.29, 0.717) is 32.5 Å². The summed E-state index contributed by atoms with van der Waals surface area (Å²) >= 11 is 0. The zero-order valence-electron chi connectivity index (χ0n) is 26.2. The van der Waals surface area contributed by atoms with E-state index >= 15 is 0 Å². The Labute approximate surface area is 246 Å². The third-order valence-electron chi connectivity index (χ3n) is 7.19. The minimum Gasteiger partial charge on any atom is -0.463 e. The third kappa shape index (κ3) is 14.5. The normalized spacial score (nSPS) is 16.3. The standard InChI is InChI=1S/C28H52N4O8S/c1-9-21(24(34)29-13-11-16-32(6,7)8)18-22(25(35)30-28(4,5)20-41(37,38)39)19-27(2,3)26(36)40-17-15-31-14-10-12-23(31)33/h21-22H,9-20H2,1-8H3,(H2-,29,30,34,35,37,38,39)/p+1. The number of nitrogens with zero attached hydrogens (tertiary/aromatic N) is 2. The maximum Gasteiger partial charge on any atom is 0.311 e. The molecule has 12 nitrogen and oxygen atoms in total. The van der Waals surface area contributed by atoms with Crippen LogP contribution in [0.3, 0.4) is 0 Å². The molecule has 0 radical (unpaired) electrons. The number of nitrogens with one attached hydrogen (secondary N) is 2. The molecule has 3 amide bonds. The fourth-order valence-electron chi connectivity index (χ4n) is 5.01. The van der Waals surface area contributed by atoms with E-state index in [4.69, 9.17) is 4.74 Å². The quantitative estimate of drug-likeness (QED) is 0.0920. The van der Waals surface area contributed by atoms with Crippen LogP contribution in [0.15, 0.2) is 0 Å². The molecule has 0 saturated carbocycles. The number of rotatable bonds is 18. The van der Waals surface area contributed by atoms with E-state index < -0.39 is 50.5 Å². The molecule has 1 fully saturated rings. The first-order chi connectivity index (χ1) is 18.7. The summed E-state index contributed by atoms with van der Waals surface area (Å²) in [6.45, 7) is 10.5. The molecule has 1 saturated heterocycles. The zero-order chi connectivity index (χ0) is 31.6. The van der Waals surface area contributed by atoms with E-state index in [1.165, 1.54) is 13.8 Å². The molecule has 0 bridgehead atoms. The highest BCUT2D eigenvalue weighted by atomic mass is 32.2. The van der Waals surface area contributed by atoms with E-state index in [9.17, 15) is 32.1 Å². The molecule has 238 valence electrons. The number of carbonyl (C=O) groups excluding carboxylic acids is 4. The van der Waals surface area contributed by atoms with Gasteiger partial charge in [0, 0.05) is 37.8 Å². The highest BCUT2D eigenvalue weighted by Crippen LogP contribution is 2.32. The summed E-state index contributed by atoms with van der Waals surface area (Å²) in [4.78, 5) is 53.1. The van der Waals surface area contributed by atoms with Gasteiger partial charge in [-0.3, -0.25) is 23.7 Å². The molecule has 1 rings (SSSR count). The van der Waals surface area contributed by atoms with Crippen molar-refractivity contribution >= 4 is 33.8 Å². The molecule has 2 unspecified atom stereocenters. The van der Waals surface area contributed by atoms with Gasteiger partial charge in [-0.1, -0.05) is 6.92 Å². The first-order valence-electron chi connectivity index (χ1n) is 14.5. The summed E-state index contributed by atoms with van der Waals surface area (Å²) in [6, 6.07) is 0. The topological polar surface area (TPSA) is 159 Å². The van der Waals surface area contributed by atoms with Crippen molar-refractivity contribution < 1.29 is 41.4 Å². The second kappa shape index (κ2) is 15.3. The molecule has 0 spiro atoms. The number of hydrogen-bond acceptors (Lipinski definition) is 7. The minimum absolute atomic E-state index is 0.0332. The van der Waals surface area contributed by atoms with Crippen LogP contribution >= 0.6 is 0 Å². The molecule has 13 heteroatoms. The van der Waals surface area contributed by atoms with Crippen molar-refractivity contribution in [1.82, 2.24) is 15.5 Å². The zero-order valence-corrected chi connectivity index (χ0v) is 27.1. The van der Waals surface area contributed by atoms with Crippen LogP contribution in [0.5, 0.6) is 0 Å². The molecule has 0 aromatic rings. The first-order valence-corrected chi connectivity index (χ1v) is 16.1. The Morgan fingerprint density at radius 3 is 2.24 bits per heavy atom. The van der Waals surface area contributed by atoms with E-state index in [2.05, 4.69) is 31.8 Å². The lowest BCUT2D eigenvalue weighted by molar-refractivity contribution is -0.870. The van der Waals surface area contributed by atoms with Crippen molar-refractivity contribution in [2.45, 2.75) is 78.7 Å². The van der Waals surface area contributed by atoms with E-state index in [1.54, 1.807) is 18.7 Å². The van der Waals surface area contributed by atoms with Crippen molar-refractivity contribution in [3.05, 3.63) is 0 Å². The van der Waals surface area contributed by atoms with Gasteiger partial charge in [-0.05, 0) is 53.4 Å². The van der Waals surface area contributed by atoms with Gasteiger partial charge in [0.15, 0.2) is 0 Å². The lowest BCUT2D eigenvalue weighted by Gasteiger charge is -2.32. The van der Waals surface area contributed by atoms with Gasteiger partial charge in [-0.2, -0.15) is 8.42 Å². The summed E-state index contributed by atoms with van der Waals surface area (Å²) in [5.74, 6) is -3.21. The third-order valence-corrected chi connectivity index (χ3v) is 8.27. The van der Waals surface area contributed by atoms with Crippen LogP contribution < -0.4 is 10.6 Å². The van der Waals surface area contributed by atoms with Crippen LogP contribution in [0.4, 0.5) is 0 Å². The Morgan fingerprint density at radius 2 is 1.73 bits per heavy atom. The maximum absolute atomic E-state index is 13.5. The molecule has 1 aliphatic rings. The molecule has 41 heavy (non-hydrogen) atoms. The second-order valence-electron chi connectivity index (χ2n) is 13.5. The number of quaternary nitrogens is 1. The van der Waals surface area contributed by atoms with Gasteiger partial charge in [0.25, 0.3) is 10.1 Å². The smallest absolute Gasteiger partial charge is 0.311 e. The maximum atomic E-state index is 13.5. The van der Waals surface area contributed by atoms with Gasteiger partial charge in [-0.25, -0.2) is 0 Å². The van der Waals surface area contributed by atoms with Crippen LogP contribution in [-0.2, 0) is 34.0 Å². The van der Waals surface area contributed by atoms with E-state index in [1.807, 2.05) is 6.92 Å². The summed E-state index contributed by atoms with van der Waals surface area (Å²) < 4.78 is 38.6. The minimum atomic E-state index is -4.37. The first kappa shape index (κ1) is 36.8. The van der Waals surface area contributed by atoms with Gasteiger partial charge in [-0.15, -0.1) is 0 Å². The highest BCUT2D eigenvalue weighted by Gasteiger charge is 2.39. The molecule has 0 aromatic carbocycles. The van der Waals surface area contributed by atoms with Crippen molar-refractivity contribution in [2.24, 2.45) is 17.3 Å². The summed E-state index contributed by atoms with van der Waals surface area (Å²) in [5, 5.41) is 5.65. The van der Waals surface area contributed by atoms with Crippen molar-refractivity contribution in [3.8, 4) is 0 Å². The number of carbonyl (C=O) groups is 4. The van der Waals surface area contributed by atoms with Gasteiger partial charge in [0.2, 0.25) is 17.7 Å². The van der Waals surface area contributed by atoms with Crippen LogP contribution in [0, 0.1) is 17.3 Å². The van der Waals surface area contributed by atoms with Crippen molar-refractivity contribution in [1.29, 1.82) is 0 Å². The number of ether oxygens (including phenoxy) is 1. The van der Waals surface area contributed by atoms with E-state index in [-0.39, 0.29) is 31.3 Å². The van der Waals surface area contributed by atoms with Gasteiger partial charge >= 0.3 is 5.97 Å². The SMILES string of the molecule is CCC(CC(CC(C)(C)C(=O)OCCN1CCCC1=O)C(=O)NC(C)(C)CS(=O)(=O)O)C(=O)NCCC[N+](C)(C)C. The van der Waals surface area contributed by atoms with Crippen LogP contribution in [-0.4, -0.2) is 111 Å². The predicted molar refractivity (Wildman–Crippen MR) is 156 cm³/mol. The average molecular weight is 606 g/mol. The molecule has 1 aliphatic heterocycles. The predicted octanol–water partition coefficient (Wildman–Crippen LogP) is 1.60. The lowest BCUT2D eigenvalue weighted by atomic mass is 9.78. The molecule has 2 atom stereocenters. The summed E-state index contributed by atoms with van der Waals surface area (Å²) in [7, 11) is 1.84. The van der Waals surface area contributed by atoms with Crippen molar-refractivity contribution in [2.75, 3.05) is 59.7 Å². The molecule has 0 aromatic heterocycles. The number of hydrogen-bond donors (Lipinski definition) is 3. The molecule has 0 aliphatic carbocycles. The Morgan fingerprint density at radius 1 is 1.10 bits per heavy atom. The largest absolute Gasteiger partial charge is 0.463 e. The Kier molecular flexibility index (Phi) is 13.7. The van der Waals surface area contributed by atoms with Crippen LogP contribution in [0.1, 0.15) is 73.1 Å². The Hall–Kier alpha value is -2.25. The summed E-state index contributed by atoms with van der Waals surface area (Å²) in [6.07, 6.45) is 2.73.